The van der Waals surface area contributed by atoms with Gasteiger partial charge in [0.05, 0.1) is 18.9 Å². The number of anilines is 1. The predicted octanol–water partition coefficient (Wildman–Crippen LogP) is 2.98. The fourth-order valence-corrected chi connectivity index (χ4v) is 2.72. The molecule has 1 aromatic carbocycles. The van der Waals surface area contributed by atoms with Crippen molar-refractivity contribution in [2.24, 2.45) is 0 Å². The van der Waals surface area contributed by atoms with Crippen molar-refractivity contribution in [1.29, 1.82) is 0 Å². The number of thioether (sulfide) groups is 1. The maximum absolute atomic E-state index is 5.49. The molecule has 5 heteroatoms. The van der Waals surface area contributed by atoms with E-state index in [0.717, 1.165) is 41.5 Å². The van der Waals surface area contributed by atoms with E-state index in [1.165, 1.54) is 4.90 Å². The Labute approximate surface area is 123 Å². The van der Waals surface area contributed by atoms with Crippen LogP contribution in [0.1, 0.15) is 11.3 Å². The van der Waals surface area contributed by atoms with Gasteiger partial charge in [0.25, 0.3) is 0 Å². The molecule has 4 nitrogen and oxygen atoms in total. The van der Waals surface area contributed by atoms with Crippen LogP contribution in [0, 0.1) is 0 Å². The second-order valence-electron chi connectivity index (χ2n) is 4.60. The Morgan fingerprint density at radius 3 is 2.70 bits per heavy atom. The second-order valence-corrected chi connectivity index (χ2v) is 5.48. The zero-order chi connectivity index (χ0) is 13.9. The number of nitrogens with one attached hydrogen (secondary N) is 1. The van der Waals surface area contributed by atoms with E-state index in [2.05, 4.69) is 40.8 Å². The number of ether oxygens (including phenoxy) is 1. The van der Waals surface area contributed by atoms with Gasteiger partial charge in [-0.25, -0.2) is 9.97 Å². The maximum Gasteiger partial charge on any atom is 0.161 e. The lowest BCUT2D eigenvalue weighted by Crippen LogP contribution is -2.16. The summed E-state index contributed by atoms with van der Waals surface area (Å²) in [5, 5.41) is 3.15. The summed E-state index contributed by atoms with van der Waals surface area (Å²) in [7, 11) is 1.89. The maximum atomic E-state index is 5.49. The Morgan fingerprint density at radius 2 is 2.00 bits per heavy atom. The largest absolute Gasteiger partial charge is 0.376 e. The van der Waals surface area contributed by atoms with Crippen LogP contribution in [0.5, 0.6) is 0 Å². The Kier molecular flexibility index (Phi) is 3.89. The number of rotatable bonds is 3. The average Bonchev–Trinajstić information content (AvgIpc) is 2.54. The van der Waals surface area contributed by atoms with Gasteiger partial charge in [-0.15, -0.1) is 11.8 Å². The highest BCUT2D eigenvalue weighted by molar-refractivity contribution is 7.98. The molecule has 0 saturated heterocycles. The van der Waals surface area contributed by atoms with Crippen LogP contribution in [-0.4, -0.2) is 29.9 Å². The van der Waals surface area contributed by atoms with Gasteiger partial charge in [-0.1, -0.05) is 12.1 Å². The molecule has 1 N–H and O–H groups in total. The van der Waals surface area contributed by atoms with Crippen LogP contribution in [0.15, 0.2) is 29.2 Å². The van der Waals surface area contributed by atoms with Gasteiger partial charge in [-0.3, -0.25) is 0 Å². The molecule has 1 aliphatic rings. The van der Waals surface area contributed by atoms with Crippen LogP contribution in [0.2, 0.25) is 0 Å². The van der Waals surface area contributed by atoms with Gasteiger partial charge in [0.15, 0.2) is 5.82 Å². The van der Waals surface area contributed by atoms with Gasteiger partial charge >= 0.3 is 0 Å². The summed E-state index contributed by atoms with van der Waals surface area (Å²) in [6, 6.07) is 8.36. The molecule has 2 aromatic rings. The zero-order valence-electron chi connectivity index (χ0n) is 11.6. The van der Waals surface area contributed by atoms with E-state index in [1.54, 1.807) is 11.8 Å². The highest BCUT2D eigenvalue weighted by Gasteiger charge is 2.18. The van der Waals surface area contributed by atoms with E-state index in [9.17, 15) is 0 Å². The van der Waals surface area contributed by atoms with Crippen molar-refractivity contribution < 1.29 is 4.74 Å². The minimum Gasteiger partial charge on any atom is -0.376 e. The molecule has 0 fully saturated rings. The van der Waals surface area contributed by atoms with Crippen LogP contribution in [-0.2, 0) is 17.8 Å². The van der Waals surface area contributed by atoms with E-state index in [-0.39, 0.29) is 0 Å². The standard InChI is InChI=1S/C15H17N3OS/c1-16-15-12-9-19-8-7-13(12)17-14(18-15)10-3-5-11(20-2)6-4-10/h3-6H,7-9H2,1-2H3,(H,16,17,18). The number of benzene rings is 1. The first-order valence-corrected chi connectivity index (χ1v) is 7.84. The molecule has 2 heterocycles. The summed E-state index contributed by atoms with van der Waals surface area (Å²) in [4.78, 5) is 10.6. The second kappa shape index (κ2) is 5.81. The highest BCUT2D eigenvalue weighted by Crippen LogP contribution is 2.27. The van der Waals surface area contributed by atoms with Gasteiger partial charge in [0.1, 0.15) is 5.82 Å². The number of aromatic nitrogens is 2. The van der Waals surface area contributed by atoms with E-state index in [0.29, 0.717) is 6.61 Å². The number of hydrogen-bond acceptors (Lipinski definition) is 5. The van der Waals surface area contributed by atoms with E-state index in [4.69, 9.17) is 9.72 Å². The lowest BCUT2D eigenvalue weighted by atomic mass is 10.1. The molecule has 1 aromatic heterocycles. The third-order valence-corrected chi connectivity index (χ3v) is 4.15. The number of nitrogens with zero attached hydrogens (tertiary/aromatic N) is 2. The Morgan fingerprint density at radius 1 is 1.20 bits per heavy atom. The van der Waals surface area contributed by atoms with Crippen molar-refractivity contribution >= 4 is 17.6 Å². The third-order valence-electron chi connectivity index (χ3n) is 3.41. The Balaban J connectivity index is 2.04. The molecule has 0 atom stereocenters. The smallest absolute Gasteiger partial charge is 0.161 e. The summed E-state index contributed by atoms with van der Waals surface area (Å²) in [5.74, 6) is 1.65. The van der Waals surface area contributed by atoms with Crippen molar-refractivity contribution in [3.63, 3.8) is 0 Å². The Bertz CT molecular complexity index is 596. The molecule has 0 radical (unpaired) electrons. The summed E-state index contributed by atoms with van der Waals surface area (Å²) in [6.45, 7) is 1.33. The van der Waals surface area contributed by atoms with Gasteiger partial charge in [0.2, 0.25) is 0 Å². The fraction of sp³-hybridized carbons (Fsp3) is 0.333. The monoisotopic (exact) mass is 287 g/mol. The molecule has 0 spiro atoms. The molecular formula is C15H17N3OS. The summed E-state index contributed by atoms with van der Waals surface area (Å²) >= 11 is 1.73. The first-order chi connectivity index (χ1) is 9.81. The van der Waals surface area contributed by atoms with Crippen LogP contribution in [0.25, 0.3) is 11.4 Å². The molecule has 0 aliphatic carbocycles. The van der Waals surface area contributed by atoms with Gasteiger partial charge in [-0.05, 0) is 18.4 Å². The fourth-order valence-electron chi connectivity index (χ4n) is 2.31. The van der Waals surface area contributed by atoms with E-state index in [1.807, 2.05) is 7.05 Å². The molecule has 0 amide bonds. The van der Waals surface area contributed by atoms with Crippen LogP contribution in [0.3, 0.4) is 0 Å². The minimum absolute atomic E-state index is 0.594. The average molecular weight is 287 g/mol. The Hall–Kier alpha value is -1.59. The number of fused-ring (bicyclic) bond motifs is 1. The topological polar surface area (TPSA) is 47.0 Å². The van der Waals surface area contributed by atoms with Gasteiger partial charge < -0.3 is 10.1 Å². The molecule has 0 bridgehead atoms. The quantitative estimate of drug-likeness (QED) is 0.879. The molecule has 3 rings (SSSR count). The van der Waals surface area contributed by atoms with Crippen LogP contribution >= 0.6 is 11.8 Å². The van der Waals surface area contributed by atoms with Crippen molar-refractivity contribution in [3.8, 4) is 11.4 Å². The van der Waals surface area contributed by atoms with Gasteiger partial charge in [0, 0.05) is 29.5 Å². The van der Waals surface area contributed by atoms with Crippen LogP contribution < -0.4 is 5.32 Å². The lowest BCUT2D eigenvalue weighted by Gasteiger charge is -2.19. The molecular weight excluding hydrogens is 270 g/mol. The first kappa shape index (κ1) is 13.4. The summed E-state index contributed by atoms with van der Waals surface area (Å²) < 4.78 is 5.49. The zero-order valence-corrected chi connectivity index (χ0v) is 12.5. The molecule has 0 saturated carbocycles. The first-order valence-electron chi connectivity index (χ1n) is 6.61. The van der Waals surface area contributed by atoms with Crippen molar-refractivity contribution in [1.82, 2.24) is 9.97 Å². The normalized spacial score (nSPS) is 13.9. The predicted molar refractivity (Wildman–Crippen MR) is 82.2 cm³/mol. The van der Waals surface area contributed by atoms with Gasteiger partial charge in [-0.2, -0.15) is 0 Å². The third kappa shape index (κ3) is 2.51. The minimum atomic E-state index is 0.594. The summed E-state index contributed by atoms with van der Waals surface area (Å²) in [5.41, 5.74) is 3.23. The summed E-state index contributed by atoms with van der Waals surface area (Å²) in [6.07, 6.45) is 2.92. The van der Waals surface area contributed by atoms with Crippen LogP contribution in [0.4, 0.5) is 5.82 Å². The lowest BCUT2D eigenvalue weighted by molar-refractivity contribution is 0.109. The molecule has 20 heavy (non-hydrogen) atoms. The van der Waals surface area contributed by atoms with E-state index >= 15 is 0 Å². The highest BCUT2D eigenvalue weighted by atomic mass is 32.2. The van der Waals surface area contributed by atoms with E-state index < -0.39 is 0 Å². The molecule has 0 unspecified atom stereocenters. The number of hydrogen-bond donors (Lipinski definition) is 1. The van der Waals surface area contributed by atoms with Crippen molar-refractivity contribution in [3.05, 3.63) is 35.5 Å². The van der Waals surface area contributed by atoms with Crippen molar-refractivity contribution in [2.75, 3.05) is 25.2 Å². The van der Waals surface area contributed by atoms with Crippen molar-refractivity contribution in [2.45, 2.75) is 17.9 Å². The molecule has 104 valence electrons. The molecule has 1 aliphatic heterocycles. The SMILES string of the molecule is CNc1nc(-c2ccc(SC)cc2)nc2c1COCC2.